The molecule has 0 aliphatic carbocycles. The van der Waals surface area contributed by atoms with Crippen LogP contribution < -0.4 is 5.32 Å². The summed E-state index contributed by atoms with van der Waals surface area (Å²) in [5.41, 5.74) is 0.356. The smallest absolute Gasteiger partial charge is 0.252 e. The lowest BCUT2D eigenvalue weighted by Gasteiger charge is -2.07. The number of carbonyl (C=O) groups excluding carboxylic acids is 1. The molecule has 2 nitrogen and oxygen atoms in total. The maximum absolute atomic E-state index is 13.3. The first kappa shape index (κ1) is 18.1. The molecule has 1 amide bonds. The Morgan fingerprint density at radius 3 is 2.38 bits per heavy atom. The molecule has 118 valence electrons. The molecule has 0 saturated heterocycles. The van der Waals surface area contributed by atoms with E-state index in [0.717, 1.165) is 12.8 Å². The van der Waals surface area contributed by atoms with Crippen molar-refractivity contribution in [2.45, 2.75) is 58.3 Å². The van der Waals surface area contributed by atoms with Gasteiger partial charge in [-0.3, -0.25) is 4.79 Å². The summed E-state index contributed by atoms with van der Waals surface area (Å²) in [6.07, 6.45) is 9.88. The Labute approximate surface area is 135 Å². The van der Waals surface area contributed by atoms with Gasteiger partial charge < -0.3 is 5.32 Å². The first-order valence-electron chi connectivity index (χ1n) is 7.89. The molecule has 0 atom stereocenters. The molecule has 0 aliphatic rings. The zero-order valence-electron chi connectivity index (χ0n) is 12.8. The lowest BCUT2D eigenvalue weighted by molar-refractivity contribution is 0.0951. The van der Waals surface area contributed by atoms with E-state index in [0.29, 0.717) is 12.1 Å². The van der Waals surface area contributed by atoms with Crippen molar-refractivity contribution in [1.82, 2.24) is 5.32 Å². The van der Waals surface area contributed by atoms with Gasteiger partial charge in [0.15, 0.2) is 0 Å². The Kier molecular flexibility index (Phi) is 9.31. The van der Waals surface area contributed by atoms with E-state index in [-0.39, 0.29) is 10.4 Å². The van der Waals surface area contributed by atoms with Crippen molar-refractivity contribution < 1.29 is 9.18 Å². The van der Waals surface area contributed by atoms with E-state index >= 15 is 0 Å². The van der Waals surface area contributed by atoms with E-state index in [1.165, 1.54) is 44.6 Å². The number of amides is 1. The Bertz CT molecular complexity index is 437. The van der Waals surface area contributed by atoms with Crippen molar-refractivity contribution in [3.05, 3.63) is 34.1 Å². The van der Waals surface area contributed by atoms with Crippen molar-refractivity contribution in [1.29, 1.82) is 0 Å². The molecule has 0 fully saturated rings. The number of nitrogens with one attached hydrogen (secondary N) is 1. The molecule has 1 aromatic carbocycles. The fourth-order valence-electron chi connectivity index (χ4n) is 2.24. The largest absolute Gasteiger partial charge is 0.352 e. The fraction of sp³-hybridized carbons (Fsp3) is 0.588. The van der Waals surface area contributed by atoms with Crippen LogP contribution in [0, 0.1) is 5.82 Å². The average molecular weight is 358 g/mol. The quantitative estimate of drug-likeness (QED) is 0.553. The first-order valence-corrected chi connectivity index (χ1v) is 8.68. The van der Waals surface area contributed by atoms with Crippen LogP contribution in [-0.4, -0.2) is 12.5 Å². The van der Waals surface area contributed by atoms with Crippen LogP contribution in [0.1, 0.15) is 68.6 Å². The number of hydrogen-bond acceptors (Lipinski definition) is 1. The summed E-state index contributed by atoms with van der Waals surface area (Å²) < 4.78 is 13.6. The monoisotopic (exact) mass is 357 g/mol. The van der Waals surface area contributed by atoms with Crippen LogP contribution in [0.2, 0.25) is 0 Å². The average Bonchev–Trinajstić information content (AvgIpc) is 2.48. The highest BCUT2D eigenvalue weighted by Gasteiger charge is 2.11. The summed E-state index contributed by atoms with van der Waals surface area (Å²) in [4.78, 5) is 11.9. The highest BCUT2D eigenvalue weighted by Crippen LogP contribution is 2.20. The molecule has 0 heterocycles. The third-order valence-corrected chi connectivity index (χ3v) is 4.32. The summed E-state index contributed by atoms with van der Waals surface area (Å²) in [5, 5.41) is 2.84. The Morgan fingerprint density at radius 2 is 1.71 bits per heavy atom. The van der Waals surface area contributed by atoms with E-state index in [1.807, 2.05) is 0 Å². The molecule has 0 unspecified atom stereocenters. The van der Waals surface area contributed by atoms with Crippen LogP contribution in [0.25, 0.3) is 0 Å². The van der Waals surface area contributed by atoms with Gasteiger partial charge in [0.1, 0.15) is 5.82 Å². The van der Waals surface area contributed by atoms with E-state index in [4.69, 9.17) is 0 Å². The van der Waals surface area contributed by atoms with Crippen molar-refractivity contribution >= 4 is 21.8 Å². The van der Waals surface area contributed by atoms with Gasteiger partial charge in [-0.1, -0.05) is 57.9 Å². The molecule has 0 spiro atoms. The minimum absolute atomic E-state index is 0.218. The molecule has 0 aliphatic heterocycles. The van der Waals surface area contributed by atoms with E-state index < -0.39 is 5.82 Å². The van der Waals surface area contributed by atoms with Crippen molar-refractivity contribution in [3.8, 4) is 0 Å². The molecule has 1 aromatic rings. The number of rotatable bonds is 10. The number of carbonyl (C=O) groups is 1. The van der Waals surface area contributed by atoms with Crippen molar-refractivity contribution in [3.63, 3.8) is 0 Å². The first-order chi connectivity index (χ1) is 10.2. The molecule has 0 radical (unpaired) electrons. The van der Waals surface area contributed by atoms with Crippen LogP contribution in [0.5, 0.6) is 0 Å². The zero-order chi connectivity index (χ0) is 15.5. The predicted molar refractivity (Wildman–Crippen MR) is 89.0 cm³/mol. The predicted octanol–water partition coefficient (Wildman–Crippen LogP) is 5.46. The third kappa shape index (κ3) is 7.07. The van der Waals surface area contributed by atoms with Gasteiger partial charge in [-0.05, 0) is 34.5 Å². The van der Waals surface area contributed by atoms with Crippen LogP contribution in [0.3, 0.4) is 0 Å². The second kappa shape index (κ2) is 10.8. The second-order valence-electron chi connectivity index (χ2n) is 5.33. The van der Waals surface area contributed by atoms with Gasteiger partial charge in [-0.25, -0.2) is 4.39 Å². The molecular weight excluding hydrogens is 333 g/mol. The topological polar surface area (TPSA) is 29.1 Å². The Balaban J connectivity index is 2.13. The van der Waals surface area contributed by atoms with E-state index in [9.17, 15) is 9.18 Å². The second-order valence-corrected chi connectivity index (χ2v) is 6.13. The maximum Gasteiger partial charge on any atom is 0.252 e. The number of hydrogen-bond donors (Lipinski definition) is 1. The minimum Gasteiger partial charge on any atom is -0.352 e. The van der Waals surface area contributed by atoms with Crippen LogP contribution in [0.15, 0.2) is 22.7 Å². The van der Waals surface area contributed by atoms with Crippen molar-refractivity contribution in [2.75, 3.05) is 6.54 Å². The minimum atomic E-state index is -0.408. The number of benzene rings is 1. The van der Waals surface area contributed by atoms with Gasteiger partial charge in [-0.2, -0.15) is 0 Å². The van der Waals surface area contributed by atoms with Gasteiger partial charge in [0.05, 0.1) is 10.0 Å². The molecule has 0 bridgehead atoms. The zero-order valence-corrected chi connectivity index (χ0v) is 14.3. The van der Waals surface area contributed by atoms with E-state index in [2.05, 4.69) is 28.2 Å². The Morgan fingerprint density at radius 1 is 1.10 bits per heavy atom. The fourth-order valence-corrected chi connectivity index (χ4v) is 2.68. The molecule has 4 heteroatoms. The lowest BCUT2D eigenvalue weighted by atomic mass is 10.1. The summed E-state index contributed by atoms with van der Waals surface area (Å²) in [5.74, 6) is -0.626. The highest BCUT2D eigenvalue weighted by atomic mass is 79.9. The normalized spacial score (nSPS) is 10.6. The van der Waals surface area contributed by atoms with Gasteiger partial charge >= 0.3 is 0 Å². The summed E-state index contributed by atoms with van der Waals surface area (Å²) in [6.45, 7) is 2.87. The number of unbranched alkanes of at least 4 members (excludes halogenated alkanes) is 7. The summed E-state index contributed by atoms with van der Waals surface area (Å²) >= 11 is 3.11. The molecular formula is C17H25BrFNO. The molecule has 0 saturated carbocycles. The summed E-state index contributed by atoms with van der Waals surface area (Å²) in [6, 6.07) is 4.50. The van der Waals surface area contributed by atoms with Gasteiger partial charge in [0.2, 0.25) is 0 Å². The molecule has 0 aromatic heterocycles. The van der Waals surface area contributed by atoms with Gasteiger partial charge in [0, 0.05) is 6.54 Å². The van der Waals surface area contributed by atoms with Crippen LogP contribution >= 0.6 is 15.9 Å². The maximum atomic E-state index is 13.3. The Hall–Kier alpha value is -0.900. The highest BCUT2D eigenvalue weighted by molar-refractivity contribution is 9.10. The SMILES string of the molecule is CCCCCCCCCCNC(=O)c1cccc(F)c1Br. The molecule has 21 heavy (non-hydrogen) atoms. The van der Waals surface area contributed by atoms with E-state index in [1.54, 1.807) is 12.1 Å². The van der Waals surface area contributed by atoms with Crippen LogP contribution in [-0.2, 0) is 0 Å². The summed E-state index contributed by atoms with van der Waals surface area (Å²) in [7, 11) is 0. The van der Waals surface area contributed by atoms with Gasteiger partial charge in [0.25, 0.3) is 5.91 Å². The molecule has 1 rings (SSSR count). The lowest BCUT2D eigenvalue weighted by Crippen LogP contribution is -2.25. The van der Waals surface area contributed by atoms with Crippen LogP contribution in [0.4, 0.5) is 4.39 Å². The number of halogens is 2. The standard InChI is InChI=1S/C17H25BrFNO/c1-2-3-4-5-6-7-8-9-13-20-17(21)14-11-10-12-15(19)16(14)18/h10-12H,2-9,13H2,1H3,(H,20,21). The van der Waals surface area contributed by atoms with Crippen molar-refractivity contribution in [2.24, 2.45) is 0 Å². The molecule has 1 N–H and O–H groups in total. The van der Waals surface area contributed by atoms with Gasteiger partial charge in [-0.15, -0.1) is 0 Å². The third-order valence-electron chi connectivity index (χ3n) is 3.51.